The molecule has 0 aliphatic rings. The number of ether oxygens (including phenoxy) is 3. The van der Waals surface area contributed by atoms with Gasteiger partial charge in [-0.25, -0.2) is 9.78 Å². The van der Waals surface area contributed by atoms with Gasteiger partial charge in [-0.3, -0.25) is 4.79 Å². The molecular formula is C32H25ClN2O5. The minimum Gasteiger partial charge on any atom is -0.489 e. The van der Waals surface area contributed by atoms with Gasteiger partial charge < -0.3 is 19.5 Å². The van der Waals surface area contributed by atoms with E-state index in [0.717, 1.165) is 22.1 Å². The van der Waals surface area contributed by atoms with E-state index in [1.807, 2.05) is 60.7 Å². The largest absolute Gasteiger partial charge is 0.489 e. The van der Waals surface area contributed by atoms with Gasteiger partial charge >= 0.3 is 5.97 Å². The molecule has 0 aliphatic heterocycles. The van der Waals surface area contributed by atoms with Crippen LogP contribution in [0.1, 0.15) is 21.5 Å². The summed E-state index contributed by atoms with van der Waals surface area (Å²) in [5.74, 6) is 1.02. The molecule has 7 nitrogen and oxygen atoms in total. The maximum atomic E-state index is 12.6. The number of hydrogen-bond donors (Lipinski definition) is 1. The van der Waals surface area contributed by atoms with Crippen molar-refractivity contribution < 1.29 is 23.8 Å². The van der Waals surface area contributed by atoms with Crippen molar-refractivity contribution in [1.29, 1.82) is 0 Å². The molecule has 1 aromatic heterocycles. The highest BCUT2D eigenvalue weighted by Crippen LogP contribution is 2.28. The van der Waals surface area contributed by atoms with Crippen LogP contribution in [-0.4, -0.2) is 24.0 Å². The van der Waals surface area contributed by atoms with Crippen LogP contribution in [0, 0.1) is 0 Å². The number of carbonyl (C=O) groups excluding carboxylic acids is 2. The molecule has 0 saturated heterocycles. The monoisotopic (exact) mass is 552 g/mol. The molecule has 0 unspecified atom stereocenters. The third-order valence-electron chi connectivity index (χ3n) is 6.09. The quantitative estimate of drug-likeness (QED) is 0.194. The van der Waals surface area contributed by atoms with Crippen LogP contribution in [0.25, 0.3) is 10.8 Å². The number of benzene rings is 4. The molecule has 1 heterocycles. The van der Waals surface area contributed by atoms with Crippen LogP contribution in [0.15, 0.2) is 103 Å². The van der Waals surface area contributed by atoms with E-state index in [4.69, 9.17) is 25.8 Å². The van der Waals surface area contributed by atoms with E-state index in [9.17, 15) is 9.59 Å². The molecule has 0 saturated carbocycles. The molecule has 5 aromatic rings. The van der Waals surface area contributed by atoms with Crippen molar-refractivity contribution in [2.45, 2.75) is 13.0 Å². The number of hydrogen-bond acceptors (Lipinski definition) is 6. The van der Waals surface area contributed by atoms with Crippen molar-refractivity contribution in [1.82, 2.24) is 4.98 Å². The number of halogens is 1. The van der Waals surface area contributed by atoms with E-state index in [0.29, 0.717) is 34.5 Å². The number of fused-ring (bicyclic) bond motifs is 1. The molecule has 8 heteroatoms. The Labute approximate surface area is 236 Å². The molecule has 0 fully saturated rings. The second-order valence-corrected chi connectivity index (χ2v) is 9.39. The third-order valence-corrected chi connectivity index (χ3v) is 6.35. The smallest absolute Gasteiger partial charge is 0.339 e. The van der Waals surface area contributed by atoms with Crippen LogP contribution in [0.2, 0.25) is 5.02 Å². The van der Waals surface area contributed by atoms with Gasteiger partial charge in [-0.2, -0.15) is 0 Å². The number of carbonyl (C=O) groups is 2. The number of amides is 1. The number of para-hydroxylation sites is 1. The van der Waals surface area contributed by atoms with Gasteiger partial charge in [0.25, 0.3) is 0 Å². The number of anilines is 1. The lowest BCUT2D eigenvalue weighted by Gasteiger charge is -2.10. The van der Waals surface area contributed by atoms with E-state index in [2.05, 4.69) is 10.3 Å². The molecular weight excluding hydrogens is 528 g/mol. The van der Waals surface area contributed by atoms with Gasteiger partial charge in [0, 0.05) is 17.3 Å². The summed E-state index contributed by atoms with van der Waals surface area (Å²) in [6.07, 6.45) is 1.67. The number of nitrogens with zero attached hydrogens (tertiary/aromatic N) is 1. The highest BCUT2D eigenvalue weighted by atomic mass is 35.5. The molecule has 40 heavy (non-hydrogen) atoms. The number of methoxy groups -OCH3 is 1. The van der Waals surface area contributed by atoms with Crippen molar-refractivity contribution >= 4 is 39.9 Å². The molecule has 0 aliphatic carbocycles. The van der Waals surface area contributed by atoms with E-state index in [-0.39, 0.29) is 17.9 Å². The first-order valence-electron chi connectivity index (χ1n) is 12.5. The Hall–Kier alpha value is -4.88. The topological polar surface area (TPSA) is 86.8 Å². The van der Waals surface area contributed by atoms with Gasteiger partial charge in [-0.1, -0.05) is 54.1 Å². The van der Waals surface area contributed by atoms with Crippen LogP contribution in [0.5, 0.6) is 17.4 Å². The lowest BCUT2D eigenvalue weighted by Crippen LogP contribution is -2.17. The molecule has 200 valence electrons. The Morgan fingerprint density at radius 3 is 2.25 bits per heavy atom. The second kappa shape index (κ2) is 12.3. The van der Waals surface area contributed by atoms with Gasteiger partial charge in [0.05, 0.1) is 24.8 Å². The van der Waals surface area contributed by atoms with E-state index >= 15 is 0 Å². The normalized spacial score (nSPS) is 10.7. The van der Waals surface area contributed by atoms with Crippen molar-refractivity contribution in [2.75, 3.05) is 12.4 Å². The molecule has 0 radical (unpaired) electrons. The Bertz CT molecular complexity index is 1650. The van der Waals surface area contributed by atoms with Crippen molar-refractivity contribution in [2.24, 2.45) is 0 Å². The Kier molecular flexibility index (Phi) is 8.23. The first-order valence-corrected chi connectivity index (χ1v) is 12.9. The SMILES string of the molecule is COC(=O)c1ccccc1NC(=O)Cc1ccc(Oc2ccc3cc(OCc4ccc(Cl)cc4)ccc3c2)nc1. The number of esters is 1. The fourth-order valence-corrected chi connectivity index (χ4v) is 4.18. The molecule has 1 amide bonds. The van der Waals surface area contributed by atoms with E-state index in [1.165, 1.54) is 7.11 Å². The number of rotatable bonds is 9. The second-order valence-electron chi connectivity index (χ2n) is 8.95. The molecule has 0 bridgehead atoms. The Balaban J connectivity index is 1.18. The van der Waals surface area contributed by atoms with Crippen LogP contribution in [0.4, 0.5) is 5.69 Å². The fraction of sp³-hybridized carbons (Fsp3) is 0.0938. The van der Waals surface area contributed by atoms with Gasteiger partial charge in [-0.15, -0.1) is 0 Å². The molecule has 0 atom stereocenters. The number of nitrogens with one attached hydrogen (secondary N) is 1. The minimum atomic E-state index is -0.518. The highest BCUT2D eigenvalue weighted by Gasteiger charge is 2.14. The van der Waals surface area contributed by atoms with Gasteiger partial charge in [0.15, 0.2) is 0 Å². The summed E-state index contributed by atoms with van der Waals surface area (Å²) in [5.41, 5.74) is 2.42. The highest BCUT2D eigenvalue weighted by molar-refractivity contribution is 6.30. The van der Waals surface area contributed by atoms with Crippen molar-refractivity contribution in [3.05, 3.63) is 125 Å². The van der Waals surface area contributed by atoms with Crippen LogP contribution in [0.3, 0.4) is 0 Å². The van der Waals surface area contributed by atoms with Gasteiger partial charge in [-0.05, 0) is 70.4 Å². The average molecular weight is 553 g/mol. The van der Waals surface area contributed by atoms with Crippen LogP contribution in [-0.2, 0) is 22.6 Å². The zero-order valence-electron chi connectivity index (χ0n) is 21.6. The Morgan fingerprint density at radius 2 is 1.52 bits per heavy atom. The van der Waals surface area contributed by atoms with E-state index < -0.39 is 5.97 Å². The summed E-state index contributed by atoms with van der Waals surface area (Å²) in [6.45, 7) is 0.452. The van der Waals surface area contributed by atoms with Crippen LogP contribution < -0.4 is 14.8 Å². The zero-order chi connectivity index (χ0) is 27.9. The third kappa shape index (κ3) is 6.76. The van der Waals surface area contributed by atoms with Gasteiger partial charge in [0.2, 0.25) is 11.8 Å². The maximum absolute atomic E-state index is 12.6. The van der Waals surface area contributed by atoms with Crippen LogP contribution >= 0.6 is 11.6 Å². The first-order chi connectivity index (χ1) is 19.5. The predicted molar refractivity (Wildman–Crippen MR) is 154 cm³/mol. The molecule has 4 aromatic carbocycles. The summed E-state index contributed by atoms with van der Waals surface area (Å²) in [7, 11) is 1.30. The first kappa shape index (κ1) is 26.7. The summed E-state index contributed by atoms with van der Waals surface area (Å²) < 4.78 is 16.6. The molecule has 5 rings (SSSR count). The summed E-state index contributed by atoms with van der Waals surface area (Å²) in [6, 6.07) is 29.4. The molecule has 1 N–H and O–H groups in total. The van der Waals surface area contributed by atoms with Gasteiger partial charge in [0.1, 0.15) is 18.1 Å². The average Bonchev–Trinajstić information content (AvgIpc) is 2.97. The summed E-state index contributed by atoms with van der Waals surface area (Å²) >= 11 is 5.94. The standard InChI is InChI=1S/C32H25ClN2O5/c1-38-32(37)28-4-2-3-5-29(28)35-30(36)16-22-8-15-31(34-19-22)40-27-14-10-23-17-26(13-9-24(23)18-27)39-20-21-6-11-25(33)12-7-21/h2-15,17-19H,16,20H2,1H3,(H,35,36). The number of aromatic nitrogens is 1. The summed E-state index contributed by atoms with van der Waals surface area (Å²) in [4.78, 5) is 28.8. The lowest BCUT2D eigenvalue weighted by molar-refractivity contribution is -0.115. The number of pyridine rings is 1. The zero-order valence-corrected chi connectivity index (χ0v) is 22.4. The minimum absolute atomic E-state index is 0.0845. The fourth-order valence-electron chi connectivity index (χ4n) is 4.06. The summed E-state index contributed by atoms with van der Waals surface area (Å²) in [5, 5.41) is 5.47. The predicted octanol–water partition coefficient (Wildman–Crippen LogP) is 7.23. The Morgan fingerprint density at radius 1 is 0.825 bits per heavy atom. The molecule has 0 spiro atoms. The van der Waals surface area contributed by atoms with Crippen molar-refractivity contribution in [3.8, 4) is 17.4 Å². The lowest BCUT2D eigenvalue weighted by atomic mass is 10.1. The maximum Gasteiger partial charge on any atom is 0.339 e. The van der Waals surface area contributed by atoms with Crippen molar-refractivity contribution in [3.63, 3.8) is 0 Å². The van der Waals surface area contributed by atoms with E-state index in [1.54, 1.807) is 42.6 Å².